The Bertz CT molecular complexity index is 1010. The minimum Gasteiger partial charge on any atom is -1.00 e. The van der Waals surface area contributed by atoms with Crippen LogP contribution in [0.4, 0.5) is 0 Å². The number of hydrogen-bond acceptors (Lipinski definition) is 0. The Hall–Kier alpha value is 0.674. The smallest absolute Gasteiger partial charge is 1.00 e. The maximum atomic E-state index is 2.65. The number of rotatable bonds is 18. The maximum Gasteiger partial charge on any atom is -1.00 e. The van der Waals surface area contributed by atoms with Crippen LogP contribution in [-0.4, -0.2) is 12.0 Å². The molecular formula is C40H66Cl2Hf2Si2. The topological polar surface area (TPSA) is 0 Å². The summed E-state index contributed by atoms with van der Waals surface area (Å²) in [5.74, 6) is -1.04. The van der Waals surface area contributed by atoms with Gasteiger partial charge in [-0.2, -0.15) is 0 Å². The summed E-state index contributed by atoms with van der Waals surface area (Å²) in [6, 6.07) is 0. The molecule has 0 saturated carbocycles. The Morgan fingerprint density at radius 3 is 0.826 bits per heavy atom. The van der Waals surface area contributed by atoms with Crippen molar-refractivity contribution in [2.24, 2.45) is 0 Å². The molecule has 0 aromatic rings. The first kappa shape index (κ1) is 44.7. The van der Waals surface area contributed by atoms with Crippen LogP contribution >= 0.6 is 0 Å². The SMILES string of the molecule is CCCCC1=[C]([Hf+]([C]2=C(CCCC)C=CC2)[SiH](C)C)CC=C1.CCCCC1=[C]([Hf+]([C]2=C(CCCC)C=CC2)[SiH](C)C)CC=C1.[Cl-].[Cl-]. The molecule has 0 aliphatic heterocycles. The van der Waals surface area contributed by atoms with E-state index >= 15 is 0 Å². The van der Waals surface area contributed by atoms with Crippen molar-refractivity contribution in [2.45, 2.75) is 157 Å². The molecule has 0 spiro atoms. The van der Waals surface area contributed by atoms with E-state index in [1.807, 2.05) is 13.3 Å². The normalized spacial score (nSPS) is 16.7. The predicted octanol–water partition coefficient (Wildman–Crippen LogP) is 6.80. The van der Waals surface area contributed by atoms with Gasteiger partial charge in [0.25, 0.3) is 0 Å². The third-order valence-corrected chi connectivity index (χ3v) is 65.3. The standard InChI is InChI=1S/4C9H13.2C2H7Si.2ClH.2Hf/c4*1-2-3-6-9-7-4-5-8-9;2*1-3-2;;;;/h4*4,7H,2-3,5-6H2,1H3;2*3H,1-2H3;2*1H;;/q;;;;;;;;2*+1/p-2. The van der Waals surface area contributed by atoms with E-state index in [0.29, 0.717) is 0 Å². The zero-order valence-corrected chi connectivity index (χ0v) is 41.8. The quantitative estimate of drug-likeness (QED) is 0.133. The first-order valence-electron chi connectivity index (χ1n) is 18.7. The van der Waals surface area contributed by atoms with Gasteiger partial charge in [0.15, 0.2) is 0 Å². The van der Waals surface area contributed by atoms with E-state index in [1.54, 1.807) is 22.3 Å². The van der Waals surface area contributed by atoms with Crippen LogP contribution < -0.4 is 24.8 Å². The van der Waals surface area contributed by atoms with Crippen molar-refractivity contribution >= 4 is 12.0 Å². The van der Waals surface area contributed by atoms with Crippen molar-refractivity contribution in [1.82, 2.24) is 0 Å². The van der Waals surface area contributed by atoms with Crippen LogP contribution in [0.5, 0.6) is 0 Å². The van der Waals surface area contributed by atoms with E-state index < -0.39 is 53.2 Å². The zero-order chi connectivity index (χ0) is 31.9. The number of halogens is 2. The Labute approximate surface area is 315 Å². The molecule has 256 valence electrons. The van der Waals surface area contributed by atoms with E-state index in [2.05, 4.69) is 102 Å². The molecule has 0 saturated heterocycles. The average Bonchev–Trinajstić information content (AvgIpc) is 3.83. The van der Waals surface area contributed by atoms with E-state index in [-0.39, 0.29) is 24.8 Å². The van der Waals surface area contributed by atoms with E-state index in [1.165, 1.54) is 103 Å². The average molecular weight is 1030 g/mol. The van der Waals surface area contributed by atoms with Gasteiger partial charge >= 0.3 is 294 Å². The first-order chi connectivity index (χ1) is 21.4. The van der Waals surface area contributed by atoms with Gasteiger partial charge in [0.1, 0.15) is 0 Å². The molecule has 4 aliphatic rings. The van der Waals surface area contributed by atoms with E-state index in [9.17, 15) is 0 Å². The summed E-state index contributed by atoms with van der Waals surface area (Å²) in [6.07, 6.45) is 41.3. The molecule has 0 amide bonds. The Kier molecular flexibility index (Phi) is 24.1. The molecule has 4 aliphatic carbocycles. The van der Waals surface area contributed by atoms with Gasteiger partial charge in [0.05, 0.1) is 0 Å². The van der Waals surface area contributed by atoms with Crippen LogP contribution in [0.3, 0.4) is 0 Å². The van der Waals surface area contributed by atoms with E-state index in [4.69, 9.17) is 0 Å². The molecule has 0 N–H and O–H groups in total. The molecule has 0 aromatic carbocycles. The Morgan fingerprint density at radius 2 is 0.652 bits per heavy atom. The molecule has 0 nitrogen and oxygen atoms in total. The molecule has 0 fully saturated rings. The summed E-state index contributed by atoms with van der Waals surface area (Å²) in [5.41, 5.74) is 7.11. The first-order valence-corrected chi connectivity index (χ1v) is 44.1. The number of unbranched alkanes of at least 4 members (excludes halogenated alkanes) is 4. The van der Waals surface area contributed by atoms with Crippen molar-refractivity contribution in [3.05, 3.63) is 84.2 Å². The summed E-state index contributed by atoms with van der Waals surface area (Å²) in [6.45, 7) is 19.9. The fraction of sp³-hybridized carbons (Fsp3) is 0.600. The second-order valence-corrected chi connectivity index (χ2v) is 67.6. The summed E-state index contributed by atoms with van der Waals surface area (Å²) in [4.78, 5) is 0. The van der Waals surface area contributed by atoms with Crippen molar-refractivity contribution in [1.29, 1.82) is 0 Å². The van der Waals surface area contributed by atoms with Gasteiger partial charge in [-0.3, -0.25) is 0 Å². The van der Waals surface area contributed by atoms with Gasteiger partial charge in [0.2, 0.25) is 0 Å². The number of allylic oxidation sites excluding steroid dienone is 16. The second-order valence-electron chi connectivity index (χ2n) is 14.0. The van der Waals surface area contributed by atoms with Crippen LogP contribution in [0.25, 0.3) is 0 Å². The Morgan fingerprint density at radius 1 is 0.435 bits per heavy atom. The molecule has 0 atom stereocenters. The predicted molar refractivity (Wildman–Crippen MR) is 199 cm³/mol. The van der Waals surface area contributed by atoms with Gasteiger partial charge < -0.3 is 24.8 Å². The molecular weight excluding hydrogens is 964 g/mol. The van der Waals surface area contributed by atoms with Gasteiger partial charge in [-0.1, -0.05) is 0 Å². The monoisotopic (exact) mass is 1030 g/mol. The van der Waals surface area contributed by atoms with Gasteiger partial charge in [-0.15, -0.1) is 0 Å². The van der Waals surface area contributed by atoms with Crippen LogP contribution in [0, 0.1) is 0 Å². The van der Waals surface area contributed by atoms with Crippen molar-refractivity contribution in [2.75, 3.05) is 0 Å². The third kappa shape index (κ3) is 13.1. The van der Waals surface area contributed by atoms with Crippen molar-refractivity contribution in [3.63, 3.8) is 0 Å². The van der Waals surface area contributed by atoms with Gasteiger partial charge in [0, 0.05) is 0 Å². The van der Waals surface area contributed by atoms with E-state index in [0.717, 1.165) is 0 Å². The molecule has 6 heteroatoms. The minimum atomic E-state index is -1.72. The van der Waals surface area contributed by atoms with Crippen LogP contribution in [0.15, 0.2) is 84.2 Å². The molecule has 0 bridgehead atoms. The molecule has 46 heavy (non-hydrogen) atoms. The zero-order valence-electron chi connectivity index (χ0n) is 30.8. The summed E-state index contributed by atoms with van der Waals surface area (Å²) in [5, 5.41) is 0. The molecule has 0 heterocycles. The molecule has 0 aromatic heterocycles. The summed E-state index contributed by atoms with van der Waals surface area (Å²) in [7, 11) is 0. The Balaban J connectivity index is 0.000000441. The molecule has 0 unspecified atom stereocenters. The molecule has 0 radical (unpaired) electrons. The third-order valence-electron chi connectivity index (χ3n) is 9.77. The number of hydrogen-bond donors (Lipinski definition) is 0. The molecule has 4 rings (SSSR count). The van der Waals surface area contributed by atoms with Crippen LogP contribution in [-0.2, 0) is 41.2 Å². The van der Waals surface area contributed by atoms with Crippen molar-refractivity contribution in [3.8, 4) is 0 Å². The van der Waals surface area contributed by atoms with Gasteiger partial charge in [-0.25, -0.2) is 0 Å². The largest absolute Gasteiger partial charge is 1.00 e. The summed E-state index contributed by atoms with van der Waals surface area (Å²) < 4.78 is 8.03. The minimum absolute atomic E-state index is 0. The summed E-state index contributed by atoms with van der Waals surface area (Å²) >= 11 is -3.44. The maximum absolute atomic E-state index is 2.65. The second kappa shape index (κ2) is 24.8. The van der Waals surface area contributed by atoms with Crippen molar-refractivity contribution < 1.29 is 66.0 Å². The fourth-order valence-electron chi connectivity index (χ4n) is 7.50. The van der Waals surface area contributed by atoms with Crippen LogP contribution in [0.2, 0.25) is 26.2 Å². The van der Waals surface area contributed by atoms with Crippen LogP contribution in [0.1, 0.15) is 130 Å². The fourth-order valence-corrected chi connectivity index (χ4v) is 65.7. The van der Waals surface area contributed by atoms with Gasteiger partial charge in [-0.05, 0) is 0 Å².